The Morgan fingerprint density at radius 1 is 1.24 bits per heavy atom. The van der Waals surface area contributed by atoms with Crippen LogP contribution in [0.1, 0.15) is 32.8 Å². The molecule has 0 saturated heterocycles. The molecule has 0 unspecified atom stereocenters. The maximum absolute atomic E-state index is 12.9. The molecular weight excluding hydrogens is 410 g/mol. The molecule has 0 aliphatic heterocycles. The minimum Gasteiger partial charge on any atom is -0.292 e. The van der Waals surface area contributed by atoms with Crippen LogP contribution in [-0.4, -0.2) is 36.6 Å². The van der Waals surface area contributed by atoms with Crippen molar-refractivity contribution in [3.8, 4) is 0 Å². The summed E-state index contributed by atoms with van der Waals surface area (Å²) in [6.07, 6.45) is 6.08. The molecule has 2 aromatic heterocycles. The molecule has 0 bridgehead atoms. The number of sulfonamides is 1. The highest BCUT2D eigenvalue weighted by molar-refractivity contribution is 7.88. The van der Waals surface area contributed by atoms with Crippen molar-refractivity contribution in [1.29, 1.82) is 0 Å². The second kappa shape index (κ2) is 7.81. The van der Waals surface area contributed by atoms with Crippen molar-refractivity contribution in [2.75, 3.05) is 12.8 Å². The molecule has 4 rings (SSSR count). The molecule has 0 radical (unpaired) electrons. The summed E-state index contributed by atoms with van der Waals surface area (Å²) < 4.78 is 26.0. The van der Waals surface area contributed by atoms with Crippen molar-refractivity contribution < 1.29 is 13.2 Å². The van der Waals surface area contributed by atoms with Crippen molar-refractivity contribution in [2.24, 2.45) is 0 Å². The zero-order valence-electron chi connectivity index (χ0n) is 16.0. The topological polar surface area (TPSA) is 98.1 Å². The lowest BCUT2D eigenvalue weighted by Gasteiger charge is -2.07. The van der Waals surface area contributed by atoms with Crippen molar-refractivity contribution in [3.05, 3.63) is 62.5 Å². The summed E-state index contributed by atoms with van der Waals surface area (Å²) in [5.74, 6) is -0.166. The lowest BCUT2D eigenvalue weighted by atomic mass is 10.1. The predicted molar refractivity (Wildman–Crippen MR) is 113 cm³/mol. The van der Waals surface area contributed by atoms with Gasteiger partial charge in [0.15, 0.2) is 5.78 Å². The first-order valence-corrected chi connectivity index (χ1v) is 12.1. The number of fused-ring (bicyclic) bond motifs is 3. The van der Waals surface area contributed by atoms with Crippen LogP contribution in [0.25, 0.3) is 10.2 Å². The number of carbonyl (C=O) groups is 1. The third-order valence-corrected chi connectivity index (χ3v) is 6.99. The van der Waals surface area contributed by atoms with E-state index in [4.69, 9.17) is 0 Å². The first-order chi connectivity index (χ1) is 13.8. The van der Waals surface area contributed by atoms with Crippen LogP contribution in [-0.2, 0) is 35.8 Å². The number of carbonyl (C=O) groups excluding carboxylic acids is 1. The van der Waals surface area contributed by atoms with Gasteiger partial charge in [-0.2, -0.15) is 0 Å². The fraction of sp³-hybridized carbons (Fsp3) is 0.350. The number of benzene rings is 1. The second-order valence-electron chi connectivity index (χ2n) is 7.25. The van der Waals surface area contributed by atoms with Crippen molar-refractivity contribution in [3.63, 3.8) is 0 Å². The third kappa shape index (κ3) is 4.31. The minimum atomic E-state index is -3.21. The largest absolute Gasteiger partial charge is 0.292 e. The van der Waals surface area contributed by atoms with Gasteiger partial charge in [-0.3, -0.25) is 14.2 Å². The van der Waals surface area contributed by atoms with Crippen LogP contribution in [0, 0.1) is 0 Å². The van der Waals surface area contributed by atoms with Crippen LogP contribution in [0.15, 0.2) is 35.4 Å². The molecule has 0 fully saturated rings. The fourth-order valence-electron chi connectivity index (χ4n) is 3.62. The van der Waals surface area contributed by atoms with E-state index in [-0.39, 0.29) is 17.9 Å². The highest BCUT2D eigenvalue weighted by Gasteiger charge is 2.21. The number of hydrogen-bond donors (Lipinski definition) is 1. The van der Waals surface area contributed by atoms with Crippen LogP contribution < -0.4 is 10.3 Å². The maximum Gasteiger partial charge on any atom is 0.262 e. The van der Waals surface area contributed by atoms with E-state index in [2.05, 4.69) is 9.71 Å². The van der Waals surface area contributed by atoms with Gasteiger partial charge in [0.05, 0.1) is 24.5 Å². The smallest absolute Gasteiger partial charge is 0.262 e. The molecule has 0 atom stereocenters. The Kier molecular flexibility index (Phi) is 5.37. The Morgan fingerprint density at radius 3 is 2.72 bits per heavy atom. The summed E-state index contributed by atoms with van der Waals surface area (Å²) in [6.45, 7) is 0.250. The van der Waals surface area contributed by atoms with E-state index in [1.165, 1.54) is 15.8 Å². The van der Waals surface area contributed by atoms with Gasteiger partial charge in [0.25, 0.3) is 5.56 Å². The number of hydrogen-bond acceptors (Lipinski definition) is 6. The van der Waals surface area contributed by atoms with E-state index in [1.54, 1.807) is 35.6 Å². The Morgan fingerprint density at radius 2 is 2.00 bits per heavy atom. The van der Waals surface area contributed by atoms with Crippen molar-refractivity contribution in [2.45, 2.75) is 32.2 Å². The van der Waals surface area contributed by atoms with Gasteiger partial charge < -0.3 is 0 Å². The van der Waals surface area contributed by atoms with E-state index in [0.717, 1.165) is 41.5 Å². The quantitative estimate of drug-likeness (QED) is 0.577. The summed E-state index contributed by atoms with van der Waals surface area (Å²) >= 11 is 1.58. The number of aromatic nitrogens is 2. The number of nitrogens with one attached hydrogen (secondary N) is 1. The van der Waals surface area contributed by atoms with Crippen molar-refractivity contribution >= 4 is 37.4 Å². The molecule has 0 amide bonds. The van der Waals surface area contributed by atoms with Crippen LogP contribution in [0.2, 0.25) is 0 Å². The molecule has 7 nitrogen and oxygen atoms in total. The van der Waals surface area contributed by atoms with Gasteiger partial charge in [-0.25, -0.2) is 18.1 Å². The summed E-state index contributed by atoms with van der Waals surface area (Å²) in [5, 5.41) is 0.673. The Labute approximate surface area is 172 Å². The summed E-state index contributed by atoms with van der Waals surface area (Å²) in [7, 11) is -3.21. The fourth-order valence-corrected chi connectivity index (χ4v) is 5.31. The SMILES string of the molecule is CS(=O)(=O)NCCc1ccc(C(=O)Cn2cnc3sc4c(c3c2=O)CCC4)cc1. The zero-order valence-corrected chi connectivity index (χ0v) is 17.6. The first kappa shape index (κ1) is 19.9. The predicted octanol–water partition coefficient (Wildman–Crippen LogP) is 1.92. The highest BCUT2D eigenvalue weighted by atomic mass is 32.2. The number of ketones is 1. The number of thiophene rings is 1. The summed E-state index contributed by atoms with van der Waals surface area (Å²) in [4.78, 5) is 31.9. The van der Waals surface area contributed by atoms with Crippen LogP contribution >= 0.6 is 11.3 Å². The normalized spacial score (nSPS) is 13.7. The molecule has 1 aromatic carbocycles. The lowest BCUT2D eigenvalue weighted by molar-refractivity contribution is 0.0970. The Balaban J connectivity index is 1.48. The van der Waals surface area contributed by atoms with Gasteiger partial charge in [-0.1, -0.05) is 24.3 Å². The van der Waals surface area contributed by atoms with E-state index in [0.29, 0.717) is 23.9 Å². The lowest BCUT2D eigenvalue weighted by Crippen LogP contribution is -2.25. The summed E-state index contributed by atoms with van der Waals surface area (Å²) in [6, 6.07) is 7.01. The average Bonchev–Trinajstić information content (AvgIpc) is 3.24. The maximum atomic E-state index is 12.9. The van der Waals surface area contributed by atoms with Gasteiger partial charge >= 0.3 is 0 Å². The second-order valence-corrected chi connectivity index (χ2v) is 10.2. The molecule has 0 spiro atoms. The van der Waals surface area contributed by atoms with E-state index >= 15 is 0 Å². The van der Waals surface area contributed by atoms with Gasteiger partial charge in [-0.15, -0.1) is 11.3 Å². The molecule has 29 heavy (non-hydrogen) atoms. The third-order valence-electron chi connectivity index (χ3n) is 5.06. The molecule has 2 heterocycles. The molecule has 1 aliphatic carbocycles. The van der Waals surface area contributed by atoms with Crippen molar-refractivity contribution in [1.82, 2.24) is 14.3 Å². The van der Waals surface area contributed by atoms with Crippen LogP contribution in [0.3, 0.4) is 0 Å². The van der Waals surface area contributed by atoms with Gasteiger partial charge in [0.2, 0.25) is 10.0 Å². The van der Waals surface area contributed by atoms with Gasteiger partial charge in [-0.05, 0) is 36.8 Å². The van der Waals surface area contributed by atoms with E-state index in [1.807, 2.05) is 0 Å². The molecule has 3 aromatic rings. The monoisotopic (exact) mass is 431 g/mol. The molecule has 152 valence electrons. The molecule has 1 N–H and O–H groups in total. The molecular formula is C20H21N3O4S2. The van der Waals surface area contributed by atoms with Crippen LogP contribution in [0.4, 0.5) is 0 Å². The standard InChI is InChI=1S/C20H21N3O4S2/c1-29(26,27)22-10-9-13-5-7-14(8-6-13)16(24)11-23-12-21-19-18(20(23)25)15-3-2-4-17(15)28-19/h5-8,12,22H,2-4,9-11H2,1H3. The highest BCUT2D eigenvalue weighted by Crippen LogP contribution is 2.34. The zero-order chi connectivity index (χ0) is 20.6. The first-order valence-electron chi connectivity index (χ1n) is 9.38. The number of aryl methyl sites for hydroxylation is 2. The van der Waals surface area contributed by atoms with Gasteiger partial charge in [0.1, 0.15) is 4.83 Å². The summed E-state index contributed by atoms with van der Waals surface area (Å²) in [5.41, 5.74) is 2.39. The van der Waals surface area contributed by atoms with Gasteiger partial charge in [0, 0.05) is 17.0 Å². The average molecular weight is 432 g/mol. The molecule has 1 aliphatic rings. The minimum absolute atomic E-state index is 0.0542. The molecule has 0 saturated carbocycles. The Hall–Kier alpha value is -2.36. The molecule has 9 heteroatoms. The number of Topliss-reactive ketones (excluding diaryl/α,β-unsaturated/α-hetero) is 1. The van der Waals surface area contributed by atoms with Crippen LogP contribution in [0.5, 0.6) is 0 Å². The number of rotatable bonds is 7. The van der Waals surface area contributed by atoms with E-state index in [9.17, 15) is 18.0 Å². The Bertz CT molecular complexity index is 1240. The number of nitrogens with zero attached hydrogens (tertiary/aromatic N) is 2. The van der Waals surface area contributed by atoms with E-state index < -0.39 is 10.0 Å².